The summed E-state index contributed by atoms with van der Waals surface area (Å²) in [6.45, 7) is 3.32. The lowest BCUT2D eigenvalue weighted by Gasteiger charge is -2.10. The molecule has 0 fully saturated rings. The molecule has 1 unspecified atom stereocenters. The van der Waals surface area contributed by atoms with Crippen molar-refractivity contribution in [2.45, 2.75) is 6.10 Å². The van der Waals surface area contributed by atoms with Gasteiger partial charge in [0.1, 0.15) is 11.4 Å². The Labute approximate surface area is 125 Å². The normalized spacial score (nSPS) is 12.0. The van der Waals surface area contributed by atoms with Gasteiger partial charge >= 0.3 is 0 Å². The Balaban J connectivity index is 2.43. The van der Waals surface area contributed by atoms with E-state index in [4.69, 9.17) is 0 Å². The Kier molecular flexibility index (Phi) is 4.57. The molecule has 2 rings (SSSR count). The van der Waals surface area contributed by atoms with E-state index in [0.717, 1.165) is 0 Å². The molecule has 0 bridgehead atoms. The number of hydrogen-bond donors (Lipinski definition) is 4. The van der Waals surface area contributed by atoms with E-state index in [1.807, 2.05) is 0 Å². The van der Waals surface area contributed by atoms with Crippen LogP contribution in [-0.2, 0) is 0 Å². The van der Waals surface area contributed by atoms with Gasteiger partial charge in [0, 0.05) is 19.0 Å². The van der Waals surface area contributed by atoms with Crippen molar-refractivity contribution in [3.63, 3.8) is 0 Å². The van der Waals surface area contributed by atoms with E-state index in [1.54, 1.807) is 7.05 Å². The van der Waals surface area contributed by atoms with Gasteiger partial charge in [0.2, 0.25) is 0 Å². The maximum atomic E-state index is 13.5. The molecule has 4 N–H and O–H groups in total. The van der Waals surface area contributed by atoms with E-state index >= 15 is 0 Å². The molecular weight excluding hydrogens is 289 g/mol. The highest BCUT2D eigenvalue weighted by Crippen LogP contribution is 2.22. The lowest BCUT2D eigenvalue weighted by molar-refractivity contribution is 0.0931. The molecule has 7 heteroatoms. The number of carbonyl (C=O) groups is 1. The van der Waals surface area contributed by atoms with Gasteiger partial charge in [0.05, 0.1) is 17.3 Å². The number of anilines is 1. The van der Waals surface area contributed by atoms with Gasteiger partial charge in [-0.25, -0.2) is 4.39 Å². The molecule has 0 aliphatic rings. The molecule has 0 radical (unpaired) electrons. The van der Waals surface area contributed by atoms with E-state index in [0.29, 0.717) is 16.6 Å². The van der Waals surface area contributed by atoms with Crippen LogP contribution in [0.3, 0.4) is 0 Å². The first-order chi connectivity index (χ1) is 10.5. The molecule has 0 aliphatic carbocycles. The lowest BCUT2D eigenvalue weighted by Crippen LogP contribution is -2.34. The molecule has 0 aliphatic heterocycles. The average molecular weight is 305 g/mol. The fourth-order valence-corrected chi connectivity index (χ4v) is 2.02. The molecule has 0 saturated heterocycles. The minimum absolute atomic E-state index is 0.0648. The summed E-state index contributed by atoms with van der Waals surface area (Å²) in [7, 11) is 1.60. The zero-order chi connectivity index (χ0) is 16.3. The summed E-state index contributed by atoms with van der Waals surface area (Å²) < 4.78 is 13.5. The quantitative estimate of drug-likeness (QED) is 0.620. The maximum Gasteiger partial charge on any atom is 0.261 e. The predicted octanol–water partition coefficient (Wildman–Crippen LogP) is 0.986. The van der Waals surface area contributed by atoms with Crippen LogP contribution in [0.25, 0.3) is 10.9 Å². The summed E-state index contributed by atoms with van der Waals surface area (Å²) >= 11 is 0. The Morgan fingerprint density at radius 2 is 2.23 bits per heavy atom. The Hall–Kier alpha value is -2.67. The Morgan fingerprint density at radius 1 is 1.50 bits per heavy atom. The molecule has 1 amide bonds. The number of H-pyrrole nitrogens is 1. The molecule has 116 valence electrons. The van der Waals surface area contributed by atoms with Crippen LogP contribution in [0, 0.1) is 5.82 Å². The number of benzene rings is 1. The van der Waals surface area contributed by atoms with Gasteiger partial charge in [0.25, 0.3) is 11.5 Å². The van der Waals surface area contributed by atoms with Crippen molar-refractivity contribution in [1.29, 1.82) is 0 Å². The first kappa shape index (κ1) is 15.7. The predicted molar refractivity (Wildman–Crippen MR) is 82.6 cm³/mol. The monoisotopic (exact) mass is 305 g/mol. The van der Waals surface area contributed by atoms with Crippen LogP contribution in [0.1, 0.15) is 10.4 Å². The molecule has 1 heterocycles. The van der Waals surface area contributed by atoms with Gasteiger partial charge in [-0.1, -0.05) is 6.08 Å². The number of carbonyl (C=O) groups excluding carboxylic acids is 1. The number of rotatable bonds is 5. The van der Waals surface area contributed by atoms with Gasteiger partial charge in [-0.2, -0.15) is 0 Å². The molecule has 22 heavy (non-hydrogen) atoms. The van der Waals surface area contributed by atoms with Crippen LogP contribution in [0.5, 0.6) is 0 Å². The highest BCUT2D eigenvalue weighted by molar-refractivity contribution is 5.99. The number of aromatic amines is 1. The summed E-state index contributed by atoms with van der Waals surface area (Å²) in [4.78, 5) is 26.6. The van der Waals surface area contributed by atoms with Crippen LogP contribution in [0.15, 0.2) is 35.6 Å². The van der Waals surface area contributed by atoms with Crippen molar-refractivity contribution < 1.29 is 14.3 Å². The van der Waals surface area contributed by atoms with Crippen LogP contribution < -0.4 is 16.2 Å². The standard InChI is InChI=1S/C15H16FN3O3/c1-3-10(20)7-18-14(21)11-5-8-4-9(16)6-12(17-2)13(8)19-15(11)22/h3-6,10,17,20H,1,7H2,2H3,(H,18,21)(H,19,22). The number of aromatic nitrogens is 1. The molecule has 6 nitrogen and oxygen atoms in total. The van der Waals surface area contributed by atoms with Gasteiger partial charge in [-0.05, 0) is 18.2 Å². The van der Waals surface area contributed by atoms with E-state index in [-0.39, 0.29) is 12.1 Å². The van der Waals surface area contributed by atoms with Crippen molar-refractivity contribution >= 4 is 22.5 Å². The Bertz CT molecular complexity index is 785. The lowest BCUT2D eigenvalue weighted by atomic mass is 10.1. The smallest absolute Gasteiger partial charge is 0.261 e. The molecule has 1 atom stereocenters. The second kappa shape index (κ2) is 6.40. The number of aliphatic hydroxyl groups excluding tert-OH is 1. The first-order valence-corrected chi connectivity index (χ1v) is 6.59. The maximum absolute atomic E-state index is 13.5. The van der Waals surface area contributed by atoms with Crippen molar-refractivity contribution in [1.82, 2.24) is 10.3 Å². The third-order valence-electron chi connectivity index (χ3n) is 3.17. The molecule has 2 aromatic rings. The number of nitrogens with one attached hydrogen (secondary N) is 3. The Morgan fingerprint density at radius 3 is 2.86 bits per heavy atom. The summed E-state index contributed by atoms with van der Waals surface area (Å²) in [5.74, 6) is -1.14. The third kappa shape index (κ3) is 3.15. The van der Waals surface area contributed by atoms with Crippen molar-refractivity contribution in [3.8, 4) is 0 Å². The second-order valence-electron chi connectivity index (χ2n) is 4.69. The molecule has 0 spiro atoms. The van der Waals surface area contributed by atoms with Crippen LogP contribution in [0.4, 0.5) is 10.1 Å². The molecular formula is C15H16FN3O3. The van der Waals surface area contributed by atoms with Crippen LogP contribution in [0.2, 0.25) is 0 Å². The van der Waals surface area contributed by atoms with E-state index in [9.17, 15) is 19.1 Å². The minimum atomic E-state index is -0.906. The fourth-order valence-electron chi connectivity index (χ4n) is 2.02. The number of aliphatic hydroxyl groups is 1. The second-order valence-corrected chi connectivity index (χ2v) is 4.69. The average Bonchev–Trinajstić information content (AvgIpc) is 2.51. The SMILES string of the molecule is C=CC(O)CNC(=O)c1cc2cc(F)cc(NC)c2[nH]c1=O. The highest BCUT2D eigenvalue weighted by Gasteiger charge is 2.14. The molecule has 1 aromatic heterocycles. The number of hydrogen-bond acceptors (Lipinski definition) is 4. The fraction of sp³-hybridized carbons (Fsp3) is 0.200. The summed E-state index contributed by atoms with van der Waals surface area (Å²) in [5, 5.41) is 14.9. The topological polar surface area (TPSA) is 94.2 Å². The van der Waals surface area contributed by atoms with Gasteiger partial charge in [-0.3, -0.25) is 9.59 Å². The minimum Gasteiger partial charge on any atom is -0.387 e. The number of fused-ring (bicyclic) bond motifs is 1. The van der Waals surface area contributed by atoms with Gasteiger partial charge < -0.3 is 20.7 Å². The van der Waals surface area contributed by atoms with Crippen molar-refractivity contribution in [2.24, 2.45) is 0 Å². The van der Waals surface area contributed by atoms with Crippen LogP contribution in [-0.4, -0.2) is 35.7 Å². The van der Waals surface area contributed by atoms with Crippen LogP contribution >= 0.6 is 0 Å². The number of halogens is 1. The largest absolute Gasteiger partial charge is 0.387 e. The van der Waals surface area contributed by atoms with Gasteiger partial charge in [-0.15, -0.1) is 6.58 Å². The first-order valence-electron chi connectivity index (χ1n) is 6.59. The number of amides is 1. The van der Waals surface area contributed by atoms with Gasteiger partial charge in [0.15, 0.2) is 0 Å². The zero-order valence-corrected chi connectivity index (χ0v) is 11.9. The summed E-state index contributed by atoms with van der Waals surface area (Å²) in [6.07, 6.45) is 0.358. The zero-order valence-electron chi connectivity index (χ0n) is 11.9. The summed E-state index contributed by atoms with van der Waals surface area (Å²) in [5.41, 5.74) is 0.0790. The van der Waals surface area contributed by atoms with Crippen molar-refractivity contribution in [2.75, 3.05) is 18.9 Å². The summed E-state index contributed by atoms with van der Waals surface area (Å²) in [6, 6.07) is 3.79. The number of pyridine rings is 1. The van der Waals surface area contributed by atoms with E-state index in [2.05, 4.69) is 22.2 Å². The third-order valence-corrected chi connectivity index (χ3v) is 3.17. The highest BCUT2D eigenvalue weighted by atomic mass is 19.1. The molecule has 0 saturated carbocycles. The van der Waals surface area contributed by atoms with E-state index in [1.165, 1.54) is 24.3 Å². The molecule has 1 aromatic carbocycles. The van der Waals surface area contributed by atoms with Crippen molar-refractivity contribution in [3.05, 3.63) is 52.6 Å². The van der Waals surface area contributed by atoms with E-state index < -0.39 is 23.4 Å².